The van der Waals surface area contributed by atoms with Crippen molar-refractivity contribution >= 4 is 0 Å². The Morgan fingerprint density at radius 2 is 2.43 bits per heavy atom. The van der Waals surface area contributed by atoms with Gasteiger partial charge in [0.25, 0.3) is 0 Å². The minimum absolute atomic E-state index is 0.625. The van der Waals surface area contributed by atoms with Crippen molar-refractivity contribution in [2.75, 3.05) is 6.61 Å². The fourth-order valence-electron chi connectivity index (χ4n) is 0.174. The van der Waals surface area contributed by atoms with E-state index in [-0.39, 0.29) is 0 Å². The lowest BCUT2D eigenvalue weighted by atomic mass is 10.5. The van der Waals surface area contributed by atoms with E-state index in [1.165, 1.54) is 0 Å². The predicted octanol–water partition coefficient (Wildman–Crippen LogP) is 1.21. The molecule has 1 nitrogen and oxygen atoms in total. The van der Waals surface area contributed by atoms with Gasteiger partial charge in [-0.1, -0.05) is 5.92 Å². The van der Waals surface area contributed by atoms with Crippen LogP contribution in [0.5, 0.6) is 0 Å². The van der Waals surface area contributed by atoms with Gasteiger partial charge in [-0.3, -0.25) is 0 Å². The molecule has 0 aromatic heterocycles. The molecular formula is C6H9O. The molecule has 0 fully saturated rings. The molecule has 0 aromatic carbocycles. The lowest BCUT2D eigenvalue weighted by molar-refractivity contribution is 0.299. The first kappa shape index (κ1) is 6.36. The maximum atomic E-state index is 4.67. The van der Waals surface area contributed by atoms with E-state index in [1.807, 2.05) is 6.92 Å². The average Bonchev–Trinajstić information content (AvgIpc) is 1.69. The molecule has 0 aliphatic heterocycles. The number of ether oxygens (including phenoxy) is 1. The van der Waals surface area contributed by atoms with E-state index in [9.17, 15) is 0 Å². The van der Waals surface area contributed by atoms with E-state index in [0.29, 0.717) is 13.0 Å². The van der Waals surface area contributed by atoms with Gasteiger partial charge in [0.05, 0.1) is 6.61 Å². The van der Waals surface area contributed by atoms with Gasteiger partial charge in [-0.05, 0) is 13.8 Å². The highest BCUT2D eigenvalue weighted by molar-refractivity contribution is 4.91. The monoisotopic (exact) mass is 97.1 g/mol. The molecule has 1 radical (unpaired) electrons. The van der Waals surface area contributed by atoms with Crippen LogP contribution in [0, 0.1) is 19.0 Å². The molecule has 0 N–H and O–H groups in total. The summed E-state index contributed by atoms with van der Waals surface area (Å²) in [5, 5.41) is 0. The Labute approximate surface area is 44.7 Å². The van der Waals surface area contributed by atoms with Crippen molar-refractivity contribution in [3.63, 3.8) is 0 Å². The second kappa shape index (κ2) is 5.36. The van der Waals surface area contributed by atoms with Gasteiger partial charge >= 0.3 is 0 Å². The van der Waals surface area contributed by atoms with Crippen LogP contribution < -0.4 is 0 Å². The summed E-state index contributed by atoms with van der Waals surface area (Å²) >= 11 is 0. The van der Waals surface area contributed by atoms with Crippen molar-refractivity contribution < 1.29 is 4.74 Å². The fraction of sp³-hybridized carbons (Fsp3) is 0.500. The van der Waals surface area contributed by atoms with Crippen molar-refractivity contribution in [2.24, 2.45) is 0 Å². The number of hydrogen-bond acceptors (Lipinski definition) is 1. The Morgan fingerprint density at radius 3 is 2.86 bits per heavy atom. The van der Waals surface area contributed by atoms with Crippen LogP contribution in [-0.4, -0.2) is 6.61 Å². The van der Waals surface area contributed by atoms with E-state index < -0.39 is 0 Å². The molecule has 39 valence electrons. The van der Waals surface area contributed by atoms with E-state index >= 15 is 0 Å². The summed E-state index contributed by atoms with van der Waals surface area (Å²) in [6.07, 6.45) is 3.10. The molecule has 1 heteroatoms. The molecule has 0 unspecified atom stereocenters. The maximum Gasteiger partial charge on any atom is 0.110 e. The molecule has 0 amide bonds. The highest BCUT2D eigenvalue weighted by Gasteiger charge is 1.62. The zero-order valence-corrected chi connectivity index (χ0v) is 4.53. The predicted molar refractivity (Wildman–Crippen MR) is 29.4 cm³/mol. The van der Waals surface area contributed by atoms with Gasteiger partial charge in [0.15, 0.2) is 0 Å². The lowest BCUT2D eigenvalue weighted by Crippen LogP contribution is -1.75. The van der Waals surface area contributed by atoms with Gasteiger partial charge in [-0.15, -0.1) is 0 Å². The summed E-state index contributed by atoms with van der Waals surface area (Å²) in [5.74, 6) is 2.67. The molecule has 0 aromatic rings. The summed E-state index contributed by atoms with van der Waals surface area (Å²) in [5.41, 5.74) is 0. The Morgan fingerprint density at radius 1 is 1.71 bits per heavy atom. The number of rotatable bonds is 1. The highest BCUT2D eigenvalue weighted by Crippen LogP contribution is 1.68. The molecular weight excluding hydrogens is 88.1 g/mol. The topological polar surface area (TPSA) is 9.23 Å². The van der Waals surface area contributed by atoms with Crippen molar-refractivity contribution in [3.8, 4) is 12.0 Å². The van der Waals surface area contributed by atoms with Crippen LogP contribution in [-0.2, 0) is 4.74 Å². The van der Waals surface area contributed by atoms with Crippen LogP contribution in [0.25, 0.3) is 0 Å². The molecule has 0 rings (SSSR count). The maximum absolute atomic E-state index is 4.67. The second-order valence-corrected chi connectivity index (χ2v) is 0.962. The first-order valence-corrected chi connectivity index (χ1v) is 2.30. The van der Waals surface area contributed by atoms with Gasteiger partial charge in [-0.25, -0.2) is 0 Å². The van der Waals surface area contributed by atoms with Gasteiger partial charge < -0.3 is 4.74 Å². The molecule has 0 atom stereocenters. The summed E-state index contributed by atoms with van der Waals surface area (Å²) < 4.78 is 4.67. The first-order valence-electron chi connectivity index (χ1n) is 2.30. The Kier molecular flexibility index (Phi) is 4.87. The minimum Gasteiger partial charge on any atom is -0.447 e. The van der Waals surface area contributed by atoms with Crippen LogP contribution in [0.4, 0.5) is 0 Å². The number of hydrogen-bond donors (Lipinski definition) is 0. The van der Waals surface area contributed by atoms with E-state index in [1.54, 1.807) is 0 Å². The molecule has 0 heterocycles. The molecule has 0 aliphatic carbocycles. The Bertz CT molecular complexity index is 75.9. The largest absolute Gasteiger partial charge is 0.447 e. The van der Waals surface area contributed by atoms with Crippen LogP contribution in [0.15, 0.2) is 0 Å². The fourth-order valence-corrected chi connectivity index (χ4v) is 0.174. The zero-order valence-electron chi connectivity index (χ0n) is 4.53. The van der Waals surface area contributed by atoms with Crippen LogP contribution in [0.3, 0.4) is 0 Å². The third-order valence-electron chi connectivity index (χ3n) is 0.414. The van der Waals surface area contributed by atoms with Crippen LogP contribution in [0.1, 0.15) is 13.3 Å². The molecule has 0 saturated heterocycles. The van der Waals surface area contributed by atoms with Crippen molar-refractivity contribution in [2.45, 2.75) is 13.3 Å². The van der Waals surface area contributed by atoms with Gasteiger partial charge in [0.2, 0.25) is 0 Å². The second-order valence-electron chi connectivity index (χ2n) is 0.962. The minimum atomic E-state index is 0.625. The molecule has 0 bridgehead atoms. The quantitative estimate of drug-likeness (QED) is 0.447. The summed E-state index contributed by atoms with van der Waals surface area (Å²) in [6, 6.07) is 0. The third-order valence-corrected chi connectivity index (χ3v) is 0.414. The summed E-state index contributed by atoms with van der Waals surface area (Å²) in [4.78, 5) is 0. The van der Waals surface area contributed by atoms with E-state index in [2.05, 4.69) is 23.7 Å². The van der Waals surface area contributed by atoms with E-state index in [4.69, 9.17) is 0 Å². The Hall–Kier alpha value is -0.640. The molecule has 7 heavy (non-hydrogen) atoms. The normalized spacial score (nSPS) is 6.57. The van der Waals surface area contributed by atoms with Gasteiger partial charge in [0, 0.05) is 6.42 Å². The van der Waals surface area contributed by atoms with Crippen LogP contribution >= 0.6 is 0 Å². The van der Waals surface area contributed by atoms with E-state index in [0.717, 1.165) is 0 Å². The molecule has 0 saturated carbocycles. The van der Waals surface area contributed by atoms with Crippen molar-refractivity contribution in [3.05, 3.63) is 6.92 Å². The standard InChI is InChI=1S/C6H9O/c1-3-5-6-7-4-2/h1,3-4H2,2H3. The highest BCUT2D eigenvalue weighted by atomic mass is 16.5. The van der Waals surface area contributed by atoms with Gasteiger partial charge in [0.1, 0.15) is 6.11 Å². The third kappa shape index (κ3) is 5.36. The molecule has 0 spiro atoms. The van der Waals surface area contributed by atoms with Crippen molar-refractivity contribution in [1.82, 2.24) is 0 Å². The molecule has 0 aliphatic rings. The Balaban J connectivity index is 2.91. The SMILES string of the molecule is [CH2]CC#COCC. The smallest absolute Gasteiger partial charge is 0.110 e. The first-order chi connectivity index (χ1) is 3.41. The van der Waals surface area contributed by atoms with Gasteiger partial charge in [-0.2, -0.15) is 0 Å². The summed E-state index contributed by atoms with van der Waals surface area (Å²) in [7, 11) is 0. The zero-order chi connectivity index (χ0) is 5.54. The van der Waals surface area contributed by atoms with Crippen LogP contribution in [0.2, 0.25) is 0 Å². The summed E-state index contributed by atoms with van der Waals surface area (Å²) in [6.45, 7) is 6.06. The average molecular weight is 97.1 g/mol. The van der Waals surface area contributed by atoms with Crippen molar-refractivity contribution in [1.29, 1.82) is 0 Å². The lowest BCUT2D eigenvalue weighted by Gasteiger charge is -1.82.